The summed E-state index contributed by atoms with van der Waals surface area (Å²) in [5.41, 5.74) is 0.455. The standard InChI is InChI=1S/C13H16Br2FNO/c1-8(2)12(5-6-14)17-13(18)10-4-3-9(16)7-11(10)15/h3-4,7-8,12H,5-6H2,1-2H3,(H,17,18). The molecule has 0 fully saturated rings. The fraction of sp³-hybridized carbons (Fsp3) is 0.462. The molecule has 1 N–H and O–H groups in total. The number of rotatable bonds is 5. The van der Waals surface area contributed by atoms with Gasteiger partial charge in [0.05, 0.1) is 5.56 Å². The van der Waals surface area contributed by atoms with E-state index in [4.69, 9.17) is 0 Å². The van der Waals surface area contributed by atoms with Crippen molar-refractivity contribution in [1.82, 2.24) is 5.32 Å². The van der Waals surface area contributed by atoms with E-state index in [9.17, 15) is 9.18 Å². The topological polar surface area (TPSA) is 29.1 Å². The minimum absolute atomic E-state index is 0.105. The zero-order chi connectivity index (χ0) is 13.7. The highest BCUT2D eigenvalue weighted by Crippen LogP contribution is 2.19. The lowest BCUT2D eigenvalue weighted by molar-refractivity contribution is 0.0924. The van der Waals surface area contributed by atoms with Crippen LogP contribution >= 0.6 is 31.9 Å². The third kappa shape index (κ3) is 4.35. The summed E-state index contributed by atoms with van der Waals surface area (Å²) in [6.45, 7) is 4.13. The van der Waals surface area contributed by atoms with Crippen LogP contribution in [0.5, 0.6) is 0 Å². The van der Waals surface area contributed by atoms with Gasteiger partial charge in [-0.1, -0.05) is 29.8 Å². The van der Waals surface area contributed by atoms with Crippen molar-refractivity contribution in [3.05, 3.63) is 34.1 Å². The highest BCUT2D eigenvalue weighted by Gasteiger charge is 2.18. The molecule has 0 bridgehead atoms. The van der Waals surface area contributed by atoms with E-state index in [0.29, 0.717) is 16.0 Å². The first-order chi connectivity index (χ1) is 8.45. The Hall–Kier alpha value is -0.420. The van der Waals surface area contributed by atoms with Crippen LogP contribution in [0.4, 0.5) is 4.39 Å². The summed E-state index contributed by atoms with van der Waals surface area (Å²) in [5, 5.41) is 3.81. The fourth-order valence-corrected chi connectivity index (χ4v) is 2.63. The molecule has 0 aliphatic carbocycles. The number of carbonyl (C=O) groups is 1. The molecule has 0 aliphatic heterocycles. The second-order valence-corrected chi connectivity index (χ2v) is 6.07. The van der Waals surface area contributed by atoms with E-state index < -0.39 is 0 Å². The van der Waals surface area contributed by atoms with E-state index in [2.05, 4.69) is 51.0 Å². The quantitative estimate of drug-likeness (QED) is 0.764. The first-order valence-electron chi connectivity index (χ1n) is 5.77. The molecule has 1 rings (SSSR count). The van der Waals surface area contributed by atoms with Crippen LogP contribution in [-0.4, -0.2) is 17.3 Å². The zero-order valence-electron chi connectivity index (χ0n) is 10.3. The Bertz CT molecular complexity index is 423. The molecule has 0 saturated heterocycles. The molecule has 0 radical (unpaired) electrons. The predicted molar refractivity (Wildman–Crippen MR) is 78.6 cm³/mol. The first-order valence-corrected chi connectivity index (χ1v) is 7.69. The number of hydrogen-bond acceptors (Lipinski definition) is 1. The Kier molecular flexibility index (Phi) is 6.29. The van der Waals surface area contributed by atoms with Gasteiger partial charge in [0.2, 0.25) is 0 Å². The smallest absolute Gasteiger partial charge is 0.252 e. The third-order valence-electron chi connectivity index (χ3n) is 2.72. The number of carbonyl (C=O) groups excluding carboxylic acids is 1. The van der Waals surface area contributed by atoms with Gasteiger partial charge in [-0.3, -0.25) is 4.79 Å². The average molecular weight is 381 g/mol. The van der Waals surface area contributed by atoms with Crippen LogP contribution in [-0.2, 0) is 0 Å². The van der Waals surface area contributed by atoms with Gasteiger partial charge >= 0.3 is 0 Å². The van der Waals surface area contributed by atoms with Crippen LogP contribution in [0.3, 0.4) is 0 Å². The number of amides is 1. The fourth-order valence-electron chi connectivity index (χ4n) is 1.61. The van der Waals surface area contributed by atoms with E-state index in [1.54, 1.807) is 0 Å². The summed E-state index contributed by atoms with van der Waals surface area (Å²) in [6.07, 6.45) is 0.863. The summed E-state index contributed by atoms with van der Waals surface area (Å²) in [4.78, 5) is 12.1. The number of hydrogen-bond donors (Lipinski definition) is 1. The average Bonchev–Trinajstić information content (AvgIpc) is 2.27. The molecule has 1 unspecified atom stereocenters. The number of benzene rings is 1. The van der Waals surface area contributed by atoms with Crippen LogP contribution < -0.4 is 5.32 Å². The molecule has 0 spiro atoms. The minimum atomic E-state index is -0.362. The van der Waals surface area contributed by atoms with Crippen molar-refractivity contribution in [2.75, 3.05) is 5.33 Å². The van der Waals surface area contributed by atoms with E-state index in [-0.39, 0.29) is 17.8 Å². The Balaban J connectivity index is 2.80. The molecule has 0 heterocycles. The second-order valence-electron chi connectivity index (χ2n) is 4.43. The van der Waals surface area contributed by atoms with Gasteiger partial charge in [-0.15, -0.1) is 0 Å². The molecule has 2 nitrogen and oxygen atoms in total. The van der Waals surface area contributed by atoms with Crippen molar-refractivity contribution in [2.24, 2.45) is 5.92 Å². The molecule has 0 aromatic heterocycles. The largest absolute Gasteiger partial charge is 0.349 e. The molecular formula is C13H16Br2FNO. The van der Waals surface area contributed by atoms with Gasteiger partial charge < -0.3 is 5.32 Å². The van der Waals surface area contributed by atoms with Gasteiger partial charge in [-0.25, -0.2) is 4.39 Å². The molecule has 100 valence electrons. The van der Waals surface area contributed by atoms with Gasteiger partial charge in [0.1, 0.15) is 5.82 Å². The highest BCUT2D eigenvalue weighted by molar-refractivity contribution is 9.10. The molecule has 1 aromatic carbocycles. The predicted octanol–water partition coefficient (Wildman–Crippen LogP) is 4.13. The van der Waals surface area contributed by atoms with Crippen molar-refractivity contribution in [3.63, 3.8) is 0 Å². The van der Waals surface area contributed by atoms with Crippen molar-refractivity contribution in [3.8, 4) is 0 Å². The summed E-state index contributed by atoms with van der Waals surface area (Å²) >= 11 is 6.58. The molecule has 0 aliphatic rings. The monoisotopic (exact) mass is 379 g/mol. The SMILES string of the molecule is CC(C)C(CCBr)NC(=O)c1ccc(F)cc1Br. The first kappa shape index (κ1) is 15.6. The molecule has 1 atom stereocenters. The maximum Gasteiger partial charge on any atom is 0.252 e. The zero-order valence-corrected chi connectivity index (χ0v) is 13.5. The van der Waals surface area contributed by atoms with E-state index in [1.165, 1.54) is 18.2 Å². The van der Waals surface area contributed by atoms with E-state index in [1.807, 2.05) is 0 Å². The summed E-state index contributed by atoms with van der Waals surface area (Å²) < 4.78 is 13.4. The van der Waals surface area contributed by atoms with Gasteiger partial charge in [-0.05, 0) is 46.5 Å². The van der Waals surface area contributed by atoms with Crippen molar-refractivity contribution < 1.29 is 9.18 Å². The van der Waals surface area contributed by atoms with Crippen LogP contribution in [0.2, 0.25) is 0 Å². The minimum Gasteiger partial charge on any atom is -0.349 e. The van der Waals surface area contributed by atoms with Crippen molar-refractivity contribution in [2.45, 2.75) is 26.3 Å². The Morgan fingerprint density at radius 3 is 2.61 bits per heavy atom. The summed E-state index contributed by atoms with van der Waals surface area (Å²) in [6, 6.07) is 4.17. The molecule has 5 heteroatoms. The van der Waals surface area contributed by atoms with Crippen LogP contribution in [0.1, 0.15) is 30.6 Å². The number of nitrogens with one attached hydrogen (secondary N) is 1. The van der Waals surface area contributed by atoms with Crippen LogP contribution in [0.15, 0.2) is 22.7 Å². The van der Waals surface area contributed by atoms with Crippen LogP contribution in [0, 0.1) is 11.7 Å². The van der Waals surface area contributed by atoms with Gasteiger partial charge in [0, 0.05) is 15.8 Å². The molecule has 18 heavy (non-hydrogen) atoms. The Morgan fingerprint density at radius 2 is 2.11 bits per heavy atom. The molecule has 1 amide bonds. The van der Waals surface area contributed by atoms with Crippen LogP contribution in [0.25, 0.3) is 0 Å². The van der Waals surface area contributed by atoms with E-state index >= 15 is 0 Å². The Morgan fingerprint density at radius 1 is 1.44 bits per heavy atom. The van der Waals surface area contributed by atoms with Crippen molar-refractivity contribution in [1.29, 1.82) is 0 Å². The maximum absolute atomic E-state index is 13.0. The lowest BCUT2D eigenvalue weighted by Crippen LogP contribution is -2.39. The third-order valence-corrected chi connectivity index (χ3v) is 3.83. The normalized spacial score (nSPS) is 12.6. The number of halogens is 3. The second kappa shape index (κ2) is 7.24. The van der Waals surface area contributed by atoms with Crippen molar-refractivity contribution >= 4 is 37.8 Å². The van der Waals surface area contributed by atoms with E-state index in [0.717, 1.165) is 11.8 Å². The maximum atomic E-state index is 13.0. The number of alkyl halides is 1. The molecule has 0 saturated carbocycles. The summed E-state index contributed by atoms with van der Waals surface area (Å²) in [7, 11) is 0. The lowest BCUT2D eigenvalue weighted by Gasteiger charge is -2.21. The molecule has 1 aromatic rings. The van der Waals surface area contributed by atoms with Gasteiger partial charge in [0.15, 0.2) is 0 Å². The summed E-state index contributed by atoms with van der Waals surface area (Å²) in [5.74, 6) is -0.188. The lowest BCUT2D eigenvalue weighted by atomic mass is 10.0. The Labute approximate surface area is 124 Å². The molecular weight excluding hydrogens is 365 g/mol. The van der Waals surface area contributed by atoms with Gasteiger partial charge in [-0.2, -0.15) is 0 Å². The van der Waals surface area contributed by atoms with Gasteiger partial charge in [0.25, 0.3) is 5.91 Å². The highest BCUT2D eigenvalue weighted by atomic mass is 79.9.